The largest absolute Gasteiger partial charge is 0.381 e. The Labute approximate surface area is 231 Å². The molecule has 7 heteroatoms. The summed E-state index contributed by atoms with van der Waals surface area (Å²) in [5, 5.41) is 3.32. The summed E-state index contributed by atoms with van der Waals surface area (Å²) in [4.78, 5) is 14.9. The molecule has 6 nitrogen and oxygen atoms in total. The summed E-state index contributed by atoms with van der Waals surface area (Å²) >= 11 is 1.90. The van der Waals surface area contributed by atoms with Gasteiger partial charge in [0.2, 0.25) is 0 Å². The maximum Gasteiger partial charge on any atom is 0.253 e. The lowest BCUT2D eigenvalue weighted by Crippen LogP contribution is -2.39. The van der Waals surface area contributed by atoms with E-state index in [1.54, 1.807) is 0 Å². The minimum atomic E-state index is 0.0572. The number of ether oxygens (including phenoxy) is 1. The molecule has 0 atom stereocenters. The molecule has 2 saturated heterocycles. The van der Waals surface area contributed by atoms with Gasteiger partial charge in [-0.05, 0) is 87.6 Å². The van der Waals surface area contributed by atoms with Crippen molar-refractivity contribution in [3.8, 4) is 11.4 Å². The number of rotatable bonds is 7. The molecule has 0 aromatic carbocycles. The summed E-state index contributed by atoms with van der Waals surface area (Å²) in [5.74, 6) is 0.732. The number of nitrogens with one attached hydrogen (secondary N) is 1. The van der Waals surface area contributed by atoms with Crippen LogP contribution in [0.5, 0.6) is 0 Å². The molecule has 1 N–H and O–H groups in total. The van der Waals surface area contributed by atoms with E-state index in [-0.39, 0.29) is 11.9 Å². The summed E-state index contributed by atoms with van der Waals surface area (Å²) < 4.78 is 12.8. The molecule has 38 heavy (non-hydrogen) atoms. The normalized spacial score (nSPS) is 20.2. The number of carbonyl (C=O) groups excluding carboxylic acids is 1. The van der Waals surface area contributed by atoms with E-state index in [1.165, 1.54) is 67.5 Å². The first kappa shape index (κ1) is 26.0. The second-order valence-electron chi connectivity index (χ2n) is 11.4. The third-order valence-corrected chi connectivity index (χ3v) is 9.92. The minimum Gasteiger partial charge on any atom is -0.381 e. The van der Waals surface area contributed by atoms with Crippen molar-refractivity contribution in [3.05, 3.63) is 47.8 Å². The van der Waals surface area contributed by atoms with Crippen molar-refractivity contribution >= 4 is 23.4 Å². The SMILES string of the molecule is Cc1c(C(=O)NC2CCOCC2)cc(-c2cc(SN3CCCCC3)c3ccccn23)n1CC1CCCCC1. The Morgan fingerprint density at radius 1 is 0.974 bits per heavy atom. The van der Waals surface area contributed by atoms with Crippen LogP contribution in [0.2, 0.25) is 0 Å². The van der Waals surface area contributed by atoms with Crippen molar-refractivity contribution in [1.29, 1.82) is 0 Å². The number of piperidine rings is 1. The summed E-state index contributed by atoms with van der Waals surface area (Å²) in [5.41, 5.74) is 5.50. The number of amides is 1. The zero-order chi connectivity index (χ0) is 25.9. The van der Waals surface area contributed by atoms with Gasteiger partial charge >= 0.3 is 0 Å². The first-order valence-corrected chi connectivity index (χ1v) is 15.6. The van der Waals surface area contributed by atoms with Crippen LogP contribution in [0.4, 0.5) is 0 Å². The zero-order valence-corrected chi connectivity index (χ0v) is 23.6. The Kier molecular flexibility index (Phi) is 8.14. The highest BCUT2D eigenvalue weighted by Gasteiger charge is 2.26. The Bertz CT molecular complexity index is 1250. The summed E-state index contributed by atoms with van der Waals surface area (Å²) in [6.45, 7) is 6.89. The highest BCUT2D eigenvalue weighted by atomic mass is 32.2. The van der Waals surface area contributed by atoms with Crippen LogP contribution in [-0.2, 0) is 11.3 Å². The van der Waals surface area contributed by atoms with Gasteiger partial charge in [0.15, 0.2) is 0 Å². The van der Waals surface area contributed by atoms with Crippen molar-refractivity contribution in [3.63, 3.8) is 0 Å². The molecule has 0 spiro atoms. The molecule has 3 aliphatic rings. The number of fused-ring (bicyclic) bond motifs is 1. The molecule has 3 aromatic rings. The van der Waals surface area contributed by atoms with E-state index in [0.717, 1.165) is 62.6 Å². The average molecular weight is 535 g/mol. The fourth-order valence-corrected chi connectivity index (χ4v) is 7.69. The summed E-state index contributed by atoms with van der Waals surface area (Å²) in [6.07, 6.45) is 14.4. The summed E-state index contributed by atoms with van der Waals surface area (Å²) in [6, 6.07) is 11.2. The molecule has 1 aliphatic carbocycles. The lowest BCUT2D eigenvalue weighted by Gasteiger charge is -2.25. The van der Waals surface area contributed by atoms with Crippen molar-refractivity contribution in [2.24, 2.45) is 5.92 Å². The highest BCUT2D eigenvalue weighted by molar-refractivity contribution is 7.97. The average Bonchev–Trinajstić information content (AvgIpc) is 3.48. The third-order valence-electron chi connectivity index (χ3n) is 8.78. The van der Waals surface area contributed by atoms with E-state index in [2.05, 4.69) is 62.0 Å². The summed E-state index contributed by atoms with van der Waals surface area (Å²) in [7, 11) is 0. The van der Waals surface area contributed by atoms with Gasteiger partial charge in [-0.1, -0.05) is 31.7 Å². The van der Waals surface area contributed by atoms with Gasteiger partial charge < -0.3 is 19.0 Å². The Morgan fingerprint density at radius 2 is 1.74 bits per heavy atom. The molecule has 0 unspecified atom stereocenters. The van der Waals surface area contributed by atoms with Crippen molar-refractivity contribution in [2.45, 2.75) is 88.6 Å². The van der Waals surface area contributed by atoms with Crippen LogP contribution < -0.4 is 5.32 Å². The standard InChI is InChI=1S/C31H42N4O2S/c1-23-26(31(36)32-25-13-18-37-19-14-25)20-28(35(23)22-24-10-4-2-5-11-24)29-21-30(27-12-6-9-17-34(27)29)38-33-15-7-3-8-16-33/h6,9,12,17,20-21,24-25H,2-5,7-8,10-11,13-16,18-19,22H2,1H3,(H,32,36). The monoisotopic (exact) mass is 534 g/mol. The van der Waals surface area contributed by atoms with Crippen LogP contribution in [0.15, 0.2) is 41.4 Å². The van der Waals surface area contributed by atoms with Gasteiger partial charge in [-0.25, -0.2) is 4.31 Å². The second-order valence-corrected chi connectivity index (χ2v) is 12.6. The van der Waals surface area contributed by atoms with Crippen LogP contribution in [-0.4, -0.2) is 51.5 Å². The molecule has 6 rings (SSSR count). The molecule has 0 bridgehead atoms. The molecule has 1 saturated carbocycles. The molecule has 5 heterocycles. The molecular formula is C31H42N4O2S. The zero-order valence-electron chi connectivity index (χ0n) is 22.8. The fraction of sp³-hybridized carbons (Fsp3) is 0.581. The van der Waals surface area contributed by atoms with Crippen molar-refractivity contribution in [1.82, 2.24) is 18.6 Å². The van der Waals surface area contributed by atoms with E-state index in [1.807, 2.05) is 11.9 Å². The molecule has 3 fully saturated rings. The Morgan fingerprint density at radius 3 is 2.53 bits per heavy atom. The van der Waals surface area contributed by atoms with Gasteiger partial charge in [0.1, 0.15) is 0 Å². The van der Waals surface area contributed by atoms with Crippen LogP contribution in [0.1, 0.15) is 80.3 Å². The predicted octanol–water partition coefficient (Wildman–Crippen LogP) is 6.70. The number of hydrogen-bond acceptors (Lipinski definition) is 4. The number of aromatic nitrogens is 2. The maximum absolute atomic E-state index is 13.6. The van der Waals surface area contributed by atoms with Crippen molar-refractivity contribution < 1.29 is 9.53 Å². The van der Waals surface area contributed by atoms with Crippen LogP contribution in [0.25, 0.3) is 16.9 Å². The van der Waals surface area contributed by atoms with E-state index in [4.69, 9.17) is 4.74 Å². The van der Waals surface area contributed by atoms with Crippen LogP contribution in [0, 0.1) is 12.8 Å². The third kappa shape index (κ3) is 5.56. The lowest BCUT2D eigenvalue weighted by molar-refractivity contribution is 0.0696. The van der Waals surface area contributed by atoms with E-state index < -0.39 is 0 Å². The lowest BCUT2D eigenvalue weighted by atomic mass is 9.89. The van der Waals surface area contributed by atoms with Gasteiger partial charge in [-0.2, -0.15) is 0 Å². The van der Waals surface area contributed by atoms with Gasteiger partial charge in [-0.15, -0.1) is 0 Å². The van der Waals surface area contributed by atoms with Gasteiger partial charge in [-0.3, -0.25) is 4.79 Å². The molecule has 204 valence electrons. The number of hydrogen-bond donors (Lipinski definition) is 1. The topological polar surface area (TPSA) is 50.9 Å². The van der Waals surface area contributed by atoms with Gasteiger partial charge in [0.05, 0.1) is 22.5 Å². The van der Waals surface area contributed by atoms with E-state index >= 15 is 0 Å². The van der Waals surface area contributed by atoms with Crippen LogP contribution >= 0.6 is 11.9 Å². The van der Waals surface area contributed by atoms with Crippen LogP contribution in [0.3, 0.4) is 0 Å². The fourth-order valence-electron chi connectivity index (χ4n) is 6.54. The number of carbonyl (C=O) groups is 1. The van der Waals surface area contributed by atoms with E-state index in [9.17, 15) is 4.79 Å². The molecule has 1 amide bonds. The predicted molar refractivity (Wildman–Crippen MR) is 155 cm³/mol. The smallest absolute Gasteiger partial charge is 0.253 e. The minimum absolute atomic E-state index is 0.0572. The van der Waals surface area contributed by atoms with Gasteiger partial charge in [0.25, 0.3) is 5.91 Å². The number of pyridine rings is 1. The first-order valence-electron chi connectivity index (χ1n) is 14.8. The second kappa shape index (κ2) is 11.9. The molecule has 3 aromatic heterocycles. The molecule has 2 aliphatic heterocycles. The van der Waals surface area contributed by atoms with Crippen molar-refractivity contribution in [2.75, 3.05) is 26.3 Å². The molecular weight excluding hydrogens is 492 g/mol. The first-order chi connectivity index (χ1) is 18.7. The molecule has 0 radical (unpaired) electrons. The highest BCUT2D eigenvalue weighted by Crippen LogP contribution is 2.38. The Balaban J connectivity index is 1.38. The van der Waals surface area contributed by atoms with Gasteiger partial charge in [0, 0.05) is 55.7 Å². The quantitative estimate of drug-likeness (QED) is 0.343. The Hall–Kier alpha value is -2.22. The number of nitrogens with zero attached hydrogens (tertiary/aromatic N) is 3. The maximum atomic E-state index is 13.6. The van der Waals surface area contributed by atoms with E-state index in [0.29, 0.717) is 5.92 Å².